The van der Waals surface area contributed by atoms with E-state index in [2.05, 4.69) is 40.4 Å². The molecule has 0 radical (unpaired) electrons. The maximum absolute atomic E-state index is 13.3. The summed E-state index contributed by atoms with van der Waals surface area (Å²) in [7, 11) is -4.18. The largest absolute Gasteiger partial charge is 0.384 e. The smallest absolute Gasteiger partial charge is 0.281 e. The maximum atomic E-state index is 13.3. The van der Waals surface area contributed by atoms with Crippen LogP contribution in [0.3, 0.4) is 0 Å². The number of nitrogens with one attached hydrogen (secondary N) is 1. The first kappa shape index (κ1) is 22.5. The molecule has 4 rings (SSSR count). The number of anilines is 2. The van der Waals surface area contributed by atoms with Gasteiger partial charge in [-0.3, -0.25) is 4.79 Å². The van der Waals surface area contributed by atoms with E-state index in [4.69, 9.17) is 5.73 Å². The summed E-state index contributed by atoms with van der Waals surface area (Å²) in [5.41, 5.74) is 6.65. The molecule has 0 spiro atoms. The fourth-order valence-corrected chi connectivity index (χ4v) is 5.51. The SMILES string of the molecule is CC1CN(c2ncc(CCC3CC3)cc2C(=O)NS(=O)(=O)c2cccc(N)n2)C(C)(C)C1. The minimum Gasteiger partial charge on any atom is -0.384 e. The Morgan fingerprint density at radius 1 is 1.31 bits per heavy atom. The van der Waals surface area contributed by atoms with Crippen LogP contribution in [0.5, 0.6) is 0 Å². The molecule has 2 aliphatic rings. The molecule has 32 heavy (non-hydrogen) atoms. The van der Waals surface area contributed by atoms with Gasteiger partial charge in [-0.05, 0) is 68.7 Å². The van der Waals surface area contributed by atoms with Gasteiger partial charge in [0.1, 0.15) is 11.6 Å². The van der Waals surface area contributed by atoms with Gasteiger partial charge in [-0.1, -0.05) is 25.8 Å². The van der Waals surface area contributed by atoms with Crippen LogP contribution in [-0.2, 0) is 16.4 Å². The predicted octanol–water partition coefficient (Wildman–Crippen LogP) is 3.14. The lowest BCUT2D eigenvalue weighted by Gasteiger charge is -2.33. The lowest BCUT2D eigenvalue weighted by Crippen LogP contribution is -2.41. The molecule has 3 heterocycles. The van der Waals surface area contributed by atoms with Gasteiger partial charge in [-0.2, -0.15) is 8.42 Å². The van der Waals surface area contributed by atoms with Crippen molar-refractivity contribution in [3.05, 3.63) is 41.6 Å². The summed E-state index contributed by atoms with van der Waals surface area (Å²) < 4.78 is 27.8. The third kappa shape index (κ3) is 4.87. The number of pyridine rings is 2. The van der Waals surface area contributed by atoms with Crippen molar-refractivity contribution in [3.8, 4) is 0 Å². The highest BCUT2D eigenvalue weighted by Gasteiger charge is 2.39. The van der Waals surface area contributed by atoms with Crippen LogP contribution in [0.2, 0.25) is 0 Å². The topological polar surface area (TPSA) is 118 Å². The molecule has 1 saturated heterocycles. The highest BCUT2D eigenvalue weighted by atomic mass is 32.2. The number of rotatable bonds is 7. The van der Waals surface area contributed by atoms with E-state index in [-0.39, 0.29) is 21.9 Å². The second kappa shape index (κ2) is 8.35. The highest BCUT2D eigenvalue weighted by molar-refractivity contribution is 7.90. The van der Waals surface area contributed by atoms with Gasteiger partial charge in [0, 0.05) is 18.3 Å². The van der Waals surface area contributed by atoms with Gasteiger partial charge < -0.3 is 10.6 Å². The van der Waals surface area contributed by atoms with Crippen molar-refractivity contribution in [2.24, 2.45) is 11.8 Å². The van der Waals surface area contributed by atoms with Crippen molar-refractivity contribution in [2.45, 2.75) is 63.4 Å². The molecule has 0 aromatic carbocycles. The van der Waals surface area contributed by atoms with Crippen molar-refractivity contribution >= 4 is 27.6 Å². The summed E-state index contributed by atoms with van der Waals surface area (Å²) in [4.78, 5) is 23.9. The third-order valence-corrected chi connectivity index (χ3v) is 7.51. The first-order valence-electron chi connectivity index (χ1n) is 11.1. The molecule has 2 aromatic rings. The van der Waals surface area contributed by atoms with Crippen molar-refractivity contribution < 1.29 is 13.2 Å². The Labute approximate surface area is 189 Å². The molecule has 172 valence electrons. The van der Waals surface area contributed by atoms with Crippen LogP contribution < -0.4 is 15.4 Å². The van der Waals surface area contributed by atoms with Crippen LogP contribution in [0.15, 0.2) is 35.5 Å². The molecule has 1 amide bonds. The van der Waals surface area contributed by atoms with E-state index in [0.29, 0.717) is 11.7 Å². The first-order valence-corrected chi connectivity index (χ1v) is 12.6. The van der Waals surface area contributed by atoms with E-state index in [1.165, 1.54) is 31.0 Å². The van der Waals surface area contributed by atoms with Gasteiger partial charge in [0.05, 0.1) is 5.56 Å². The Morgan fingerprint density at radius 2 is 2.06 bits per heavy atom. The van der Waals surface area contributed by atoms with Gasteiger partial charge in [-0.25, -0.2) is 14.7 Å². The van der Waals surface area contributed by atoms with Gasteiger partial charge in [-0.15, -0.1) is 0 Å². The number of carbonyl (C=O) groups is 1. The molecule has 1 unspecified atom stereocenters. The molecule has 3 N–H and O–H groups in total. The number of aromatic nitrogens is 2. The van der Waals surface area contributed by atoms with Crippen LogP contribution in [0.4, 0.5) is 11.6 Å². The lowest BCUT2D eigenvalue weighted by molar-refractivity contribution is 0.0981. The number of aryl methyl sites for hydroxylation is 1. The van der Waals surface area contributed by atoms with Crippen LogP contribution >= 0.6 is 0 Å². The van der Waals surface area contributed by atoms with Crippen LogP contribution in [-0.4, -0.2) is 36.4 Å². The number of hydrogen-bond donors (Lipinski definition) is 2. The minimum absolute atomic E-state index is 0.0672. The number of nitrogen functional groups attached to an aromatic ring is 1. The Bertz CT molecular complexity index is 1130. The minimum atomic E-state index is -4.18. The third-order valence-electron chi connectivity index (χ3n) is 6.28. The Kier molecular flexibility index (Phi) is 5.87. The molecular formula is C23H31N5O3S. The molecule has 1 aliphatic heterocycles. The van der Waals surface area contributed by atoms with Crippen LogP contribution in [0, 0.1) is 11.8 Å². The van der Waals surface area contributed by atoms with E-state index in [1.807, 2.05) is 6.20 Å². The number of amides is 1. The van der Waals surface area contributed by atoms with Crippen molar-refractivity contribution in [2.75, 3.05) is 17.2 Å². The zero-order chi connectivity index (χ0) is 23.1. The number of nitrogens with zero attached hydrogens (tertiary/aromatic N) is 3. The second-order valence-electron chi connectivity index (χ2n) is 9.76. The number of carbonyl (C=O) groups excluding carboxylic acids is 1. The average molecular weight is 458 g/mol. The quantitative estimate of drug-likeness (QED) is 0.656. The molecule has 1 saturated carbocycles. The van der Waals surface area contributed by atoms with E-state index in [9.17, 15) is 13.2 Å². The zero-order valence-electron chi connectivity index (χ0n) is 18.8. The molecule has 2 fully saturated rings. The zero-order valence-corrected chi connectivity index (χ0v) is 19.7. The summed E-state index contributed by atoms with van der Waals surface area (Å²) in [6, 6.07) is 6.08. The van der Waals surface area contributed by atoms with Crippen LogP contribution in [0.25, 0.3) is 0 Å². The van der Waals surface area contributed by atoms with Crippen molar-refractivity contribution in [3.63, 3.8) is 0 Å². The van der Waals surface area contributed by atoms with Gasteiger partial charge >= 0.3 is 0 Å². The summed E-state index contributed by atoms with van der Waals surface area (Å²) in [6.45, 7) is 7.16. The van der Waals surface area contributed by atoms with E-state index in [0.717, 1.165) is 37.3 Å². The lowest BCUT2D eigenvalue weighted by atomic mass is 9.97. The van der Waals surface area contributed by atoms with E-state index < -0.39 is 15.9 Å². The van der Waals surface area contributed by atoms with E-state index >= 15 is 0 Å². The second-order valence-corrected chi connectivity index (χ2v) is 11.4. The molecule has 1 atom stereocenters. The Hall–Kier alpha value is -2.68. The summed E-state index contributed by atoms with van der Waals surface area (Å²) in [6.07, 6.45) is 7.17. The first-order chi connectivity index (χ1) is 15.0. The summed E-state index contributed by atoms with van der Waals surface area (Å²) in [5.74, 6) is 1.07. The molecule has 9 heteroatoms. The highest BCUT2D eigenvalue weighted by Crippen LogP contribution is 2.38. The number of nitrogens with two attached hydrogens (primary N) is 1. The fourth-order valence-electron chi connectivity index (χ4n) is 4.57. The maximum Gasteiger partial charge on any atom is 0.281 e. The normalized spacial score (nSPS) is 20.3. The van der Waals surface area contributed by atoms with Gasteiger partial charge in [0.15, 0.2) is 5.03 Å². The number of sulfonamides is 1. The summed E-state index contributed by atoms with van der Waals surface area (Å²) in [5, 5.41) is -0.291. The number of hydrogen-bond acceptors (Lipinski definition) is 7. The molecule has 8 nitrogen and oxygen atoms in total. The Balaban J connectivity index is 1.67. The van der Waals surface area contributed by atoms with Crippen LogP contribution in [0.1, 0.15) is 62.4 Å². The fraction of sp³-hybridized carbons (Fsp3) is 0.522. The molecule has 0 bridgehead atoms. The average Bonchev–Trinajstić information content (AvgIpc) is 3.49. The standard InChI is InChI=1S/C23H31N5O3S/c1-15-12-23(2,3)28(14-15)21-18(11-17(13-25-21)10-9-16-7-8-16)22(29)27-32(30,31)20-6-4-5-19(24)26-20/h4-6,11,13,15-16H,7-10,12,14H2,1-3H3,(H2,24,26)(H,27,29). The predicted molar refractivity (Wildman–Crippen MR) is 124 cm³/mol. The monoisotopic (exact) mass is 457 g/mol. The van der Waals surface area contributed by atoms with Crippen molar-refractivity contribution in [1.82, 2.24) is 14.7 Å². The van der Waals surface area contributed by atoms with E-state index in [1.54, 1.807) is 6.07 Å². The Morgan fingerprint density at radius 3 is 2.69 bits per heavy atom. The van der Waals surface area contributed by atoms with Crippen molar-refractivity contribution in [1.29, 1.82) is 0 Å². The molecular weight excluding hydrogens is 426 g/mol. The summed E-state index contributed by atoms with van der Waals surface area (Å²) >= 11 is 0. The van der Waals surface area contributed by atoms with Gasteiger partial charge in [0.25, 0.3) is 15.9 Å². The molecule has 2 aromatic heterocycles. The van der Waals surface area contributed by atoms with Gasteiger partial charge in [0.2, 0.25) is 0 Å². The molecule has 1 aliphatic carbocycles.